The van der Waals surface area contributed by atoms with Crippen molar-refractivity contribution in [3.8, 4) is 79.4 Å². The van der Waals surface area contributed by atoms with Gasteiger partial charge in [0.05, 0.1) is 72.0 Å². The molecule has 0 radical (unpaired) electrons. The van der Waals surface area contributed by atoms with Crippen molar-refractivity contribution in [3.05, 3.63) is 332 Å². The van der Waals surface area contributed by atoms with Gasteiger partial charge in [-0.05, 0) is 153 Å². The van der Waals surface area contributed by atoms with Gasteiger partial charge in [0.2, 0.25) is 0 Å². The Bertz CT molecular complexity index is 6310. The molecule has 16 rings (SSSR count). The zero-order chi connectivity index (χ0) is 89.6. The number of carboxylic acids is 1. The second-order valence-electron chi connectivity index (χ2n) is 25.1. The van der Waals surface area contributed by atoms with Gasteiger partial charge in [0.25, 0.3) is 11.1 Å². The smallest absolute Gasteiger partial charge is 0.433 e. The van der Waals surface area contributed by atoms with Crippen LogP contribution in [0.3, 0.4) is 0 Å². The molecule has 0 atom stereocenters. The van der Waals surface area contributed by atoms with E-state index in [4.69, 9.17) is 40.1 Å². The summed E-state index contributed by atoms with van der Waals surface area (Å²) in [5.74, 6) is -0.268. The minimum absolute atomic E-state index is 0.0528. The Morgan fingerprint density at radius 1 is 0.504 bits per heavy atom. The van der Waals surface area contributed by atoms with Crippen molar-refractivity contribution in [3.63, 3.8) is 0 Å². The van der Waals surface area contributed by atoms with Crippen LogP contribution in [0.2, 0.25) is 0 Å². The molecule has 0 saturated carbocycles. The fraction of sp³-hybridized carbons (Fsp3) is 0.0706. The lowest BCUT2D eigenvalue weighted by Gasteiger charge is -2.09. The number of aliphatic imine (C=N–C) groups is 1. The fourth-order valence-corrected chi connectivity index (χ4v) is 11.6. The number of oxazole rings is 4. The van der Waals surface area contributed by atoms with Crippen LogP contribution >= 0.6 is 11.6 Å². The number of aryl methyl sites for hydroxylation is 1. The summed E-state index contributed by atoms with van der Waals surface area (Å²) in [7, 11) is -0.604. The number of nitrogens with zero attached hydrogens (tertiary/aromatic N) is 15. The maximum atomic E-state index is 13.6. The zero-order valence-electron chi connectivity index (χ0n) is 65.1. The lowest BCUT2D eigenvalue weighted by atomic mass is 10.1. The third-order valence-corrected chi connectivity index (χ3v) is 18.2. The number of aromatic carboxylic acids is 1. The number of amides is 1. The van der Waals surface area contributed by atoms with E-state index in [1.54, 1.807) is 164 Å². The number of nitrogens with two attached hydrogens (primary N) is 1. The maximum absolute atomic E-state index is 13.6. The van der Waals surface area contributed by atoms with Crippen LogP contribution in [0, 0.1) is 6.92 Å². The number of aldehydes is 1. The second-order valence-corrected chi connectivity index (χ2v) is 27.4. The van der Waals surface area contributed by atoms with E-state index in [0.29, 0.717) is 93.7 Å². The number of sulfone groups is 1. The van der Waals surface area contributed by atoms with Crippen LogP contribution in [-0.4, -0.2) is 146 Å². The molecule has 1 amide bonds. The first-order valence-corrected chi connectivity index (χ1v) is 37.8. The number of carbonyl (C=O) groups excluding carboxylic acids is 5. The summed E-state index contributed by atoms with van der Waals surface area (Å²) in [6.45, 7) is 5.06. The van der Waals surface area contributed by atoms with Gasteiger partial charge in [0.15, 0.2) is 87.3 Å². The van der Waals surface area contributed by atoms with Crippen molar-refractivity contribution in [1.82, 2.24) is 69.9 Å². The van der Waals surface area contributed by atoms with E-state index in [1.165, 1.54) is 107 Å². The summed E-state index contributed by atoms with van der Waals surface area (Å²) in [4.78, 5) is 93.4. The Labute approximate surface area is 708 Å². The molecule has 32 nitrogen and oxygen atoms in total. The van der Waals surface area contributed by atoms with Gasteiger partial charge < -0.3 is 43.3 Å². The zero-order valence-corrected chi connectivity index (χ0v) is 66.6. The Balaban J connectivity index is 0.000000159. The van der Waals surface area contributed by atoms with Crippen LogP contribution in [0.5, 0.6) is 0 Å². The van der Waals surface area contributed by atoms with Crippen molar-refractivity contribution in [2.45, 2.75) is 24.2 Å². The van der Waals surface area contributed by atoms with Crippen LogP contribution in [-0.2, 0) is 31.7 Å². The number of carboxylic acid groups (broad SMARTS) is 1. The SMILES string of the molecule is C=NCS(=O)(=O)c1ccc(C)cc1.COC(=O)c1cccc(-c2cnco2)c1.COC(=O)c1cccc(C=O)c1.Nc1ccc(-n2nc(-c3cccnc3)cc2C(F)(F)F)nn1.O=C(Cl)c1cccc(-c2cnco2)c1.O=C(Nc1ccc(-n2nc(-c3cccnc3)cc2C(F)(F)F)nn1)c1cccc(-c2cnco2)c1.O=C(O)c1cccc(-c2cnco2)c1. The van der Waals surface area contributed by atoms with Crippen LogP contribution in [0.4, 0.5) is 38.0 Å². The molecule has 0 unspecified atom stereocenters. The highest BCUT2D eigenvalue weighted by Crippen LogP contribution is 2.36. The lowest BCUT2D eigenvalue weighted by Crippen LogP contribution is -2.16. The maximum Gasteiger partial charge on any atom is 0.433 e. The van der Waals surface area contributed by atoms with E-state index < -0.39 is 56.7 Å². The summed E-state index contributed by atoms with van der Waals surface area (Å²) in [6.07, 6.45) is 8.80. The number of carbonyl (C=O) groups is 6. The number of methoxy groups -OCH3 is 2. The summed E-state index contributed by atoms with van der Waals surface area (Å²) in [5, 5.41) is 33.7. The molecule has 0 fully saturated rings. The summed E-state index contributed by atoms with van der Waals surface area (Å²) in [6, 6.07) is 53.6. The molecule has 4 N–H and O–H groups in total. The minimum Gasteiger partial charge on any atom is -0.478 e. The topological polar surface area (TPSA) is 443 Å². The van der Waals surface area contributed by atoms with Crippen molar-refractivity contribution >= 4 is 75.1 Å². The number of hydrogen-bond donors (Lipinski definition) is 3. The molecule has 0 aliphatic rings. The highest BCUT2D eigenvalue weighted by molar-refractivity contribution is 7.91. The molecular weight excluding hydrogens is 1680 g/mol. The minimum atomic E-state index is -4.68. The number of rotatable bonds is 18. The van der Waals surface area contributed by atoms with E-state index in [2.05, 4.69) is 87.0 Å². The molecule has 634 valence electrons. The Kier molecular flexibility index (Phi) is 31.2. The highest BCUT2D eigenvalue weighted by Gasteiger charge is 2.38. The Hall–Kier alpha value is -16.5. The molecule has 0 bridgehead atoms. The van der Waals surface area contributed by atoms with Crippen molar-refractivity contribution in [2.24, 2.45) is 4.99 Å². The highest BCUT2D eigenvalue weighted by atomic mass is 35.5. The molecule has 0 aliphatic carbocycles. The molecule has 16 aromatic rings. The van der Waals surface area contributed by atoms with E-state index in [0.717, 1.165) is 28.8 Å². The molecule has 6 aromatic carbocycles. The normalized spacial score (nSPS) is 10.7. The molecule has 0 aliphatic heterocycles. The van der Waals surface area contributed by atoms with E-state index in [9.17, 15) is 63.5 Å². The Morgan fingerprint density at radius 3 is 1.30 bits per heavy atom. The number of aromatic nitrogens is 14. The molecule has 10 heterocycles. The average molecular weight is 1750 g/mol. The summed E-state index contributed by atoms with van der Waals surface area (Å²) < 4.78 is 134. The number of alkyl halides is 6. The van der Waals surface area contributed by atoms with E-state index in [-0.39, 0.29) is 52.1 Å². The van der Waals surface area contributed by atoms with Gasteiger partial charge in [-0.1, -0.05) is 84.4 Å². The number of pyridine rings is 2. The molecular formula is C85H64ClF6N17O15S. The third kappa shape index (κ3) is 25.8. The van der Waals surface area contributed by atoms with Gasteiger partial charge in [-0.15, -0.1) is 20.4 Å². The number of benzene rings is 6. The van der Waals surface area contributed by atoms with Crippen LogP contribution in [0.1, 0.15) is 79.1 Å². The molecule has 40 heteroatoms. The van der Waals surface area contributed by atoms with Crippen molar-refractivity contribution in [1.29, 1.82) is 0 Å². The number of anilines is 2. The number of esters is 2. The third-order valence-electron chi connectivity index (χ3n) is 16.5. The summed E-state index contributed by atoms with van der Waals surface area (Å²) >= 11 is 5.35. The first kappa shape index (κ1) is 90.9. The predicted molar refractivity (Wildman–Crippen MR) is 439 cm³/mol. The number of nitrogen functional groups attached to an aromatic ring is 1. The largest absolute Gasteiger partial charge is 0.478 e. The summed E-state index contributed by atoms with van der Waals surface area (Å²) in [5.41, 5.74) is 10.9. The Morgan fingerprint density at radius 2 is 0.912 bits per heavy atom. The number of halogens is 7. The second kappa shape index (κ2) is 43.0. The van der Waals surface area contributed by atoms with Gasteiger partial charge in [-0.25, -0.2) is 52.1 Å². The average Bonchev–Trinajstić information content (AvgIpc) is 1.65. The van der Waals surface area contributed by atoms with E-state index in [1.807, 2.05) is 19.1 Å². The van der Waals surface area contributed by atoms with Gasteiger partial charge in [0.1, 0.15) is 18.0 Å². The quantitative estimate of drug-likeness (QED) is 0.0236. The van der Waals surface area contributed by atoms with Gasteiger partial charge >= 0.3 is 30.3 Å². The van der Waals surface area contributed by atoms with Crippen LogP contribution < -0.4 is 11.1 Å². The number of ether oxygens (including phenoxy) is 2. The first-order valence-electron chi connectivity index (χ1n) is 35.8. The monoisotopic (exact) mass is 1740 g/mol. The lowest BCUT2D eigenvalue weighted by molar-refractivity contribution is -0.143. The van der Waals surface area contributed by atoms with Crippen molar-refractivity contribution < 1.29 is 95.8 Å². The first-order chi connectivity index (χ1) is 60.0. The van der Waals surface area contributed by atoms with Crippen LogP contribution in [0.15, 0.2) is 309 Å². The van der Waals surface area contributed by atoms with E-state index >= 15 is 0 Å². The predicted octanol–water partition coefficient (Wildman–Crippen LogP) is 16.6. The molecule has 125 heavy (non-hydrogen) atoms. The van der Waals surface area contributed by atoms with Gasteiger partial charge in [-0.3, -0.25) is 29.3 Å². The van der Waals surface area contributed by atoms with Gasteiger partial charge in [0, 0.05) is 74.9 Å². The molecule has 10 aromatic heterocycles. The van der Waals surface area contributed by atoms with Crippen LogP contribution in [0.25, 0.3) is 79.4 Å². The van der Waals surface area contributed by atoms with Crippen molar-refractivity contribution in [2.75, 3.05) is 31.1 Å². The molecule has 0 spiro atoms. The number of nitrogens with one attached hydrogen (secondary N) is 1. The standard InChI is InChI=1S/C23H14F3N7O2.C13H9F3N6.C11H9NO3.C10H6ClNO2.C10H7NO3.C9H11NO2S.C9H8O3/c24-23(25,26)19-10-17(16-5-2-8-27-11-16)32-33(19)21-7-6-20(30-31-21)29-22(34)15-4-1-3-14(9-15)18-12-28-13-35-18;14-13(15,16)10-6-9(8-2-1-5-18-7-8)21-22(10)12-4-3-11(17)19-20-12;1-14-11(13)9-4-2-3-8(5-9)10-6-12-7-15-10;11-10(13)8-3-1-2-7(4-8)9-5-12-6-14-9;12-10(13)8-3-1-2-7(4-8)9-5-11-6-14-9;1-8-3-5-9(6-4-8)13(11,12)7-10-2;1-12-9(11)8-4-2-3-7(5-8)6-10/h1-13H,(H,29,30,34);1-7H,(H2,17,19);2-7H,1H3;1-6H;1-6H,(H,12,13);3-6H,2,7H2,1H3;2-6H,1H3. The molecule has 0 saturated heterocycles. The fourth-order valence-electron chi connectivity index (χ4n) is 10.5. The van der Waals surface area contributed by atoms with Gasteiger partial charge in [-0.2, -0.15) is 36.5 Å². The number of hydrogen-bond acceptors (Lipinski definition) is 28.